The molecular formula is C14H18BrClO2. The molecule has 1 aliphatic carbocycles. The van der Waals surface area contributed by atoms with Crippen molar-refractivity contribution < 1.29 is 9.84 Å². The number of rotatable bonds is 4. The number of benzene rings is 1. The first-order chi connectivity index (χ1) is 8.69. The summed E-state index contributed by atoms with van der Waals surface area (Å²) in [4.78, 5) is 0. The van der Waals surface area contributed by atoms with Crippen LogP contribution in [0.4, 0.5) is 0 Å². The molecule has 2 nitrogen and oxygen atoms in total. The lowest BCUT2D eigenvalue weighted by molar-refractivity contribution is 0.00123. The van der Waals surface area contributed by atoms with Crippen molar-refractivity contribution in [3.8, 4) is 0 Å². The maximum absolute atomic E-state index is 9.08. The molecule has 0 unspecified atom stereocenters. The maximum atomic E-state index is 9.08. The van der Waals surface area contributed by atoms with Crippen LogP contribution in [0.25, 0.3) is 0 Å². The van der Waals surface area contributed by atoms with Crippen LogP contribution in [0.15, 0.2) is 22.7 Å². The second kappa shape index (κ2) is 6.90. The lowest BCUT2D eigenvalue weighted by atomic mass is 9.88. The van der Waals surface area contributed by atoms with Crippen molar-refractivity contribution in [2.24, 2.45) is 5.92 Å². The summed E-state index contributed by atoms with van der Waals surface area (Å²) in [5.74, 6) is 0.473. The van der Waals surface area contributed by atoms with Gasteiger partial charge in [-0.1, -0.05) is 33.6 Å². The van der Waals surface area contributed by atoms with E-state index in [-0.39, 0.29) is 0 Å². The van der Waals surface area contributed by atoms with Gasteiger partial charge in [0.1, 0.15) is 0 Å². The number of halogens is 2. The normalized spacial score (nSPS) is 24.2. The standard InChI is InChI=1S/C14H18BrClO2/c15-12-4-3-11(14(16)7-12)9-18-13-5-1-10(8-17)2-6-13/h3-4,7,10,13,17H,1-2,5-6,8-9H2. The van der Waals surface area contributed by atoms with Crippen molar-refractivity contribution >= 4 is 27.5 Å². The van der Waals surface area contributed by atoms with Crippen LogP contribution >= 0.6 is 27.5 Å². The Morgan fingerprint density at radius 3 is 2.61 bits per heavy atom. The van der Waals surface area contributed by atoms with E-state index in [1.54, 1.807) is 0 Å². The molecule has 0 spiro atoms. The molecular weight excluding hydrogens is 316 g/mol. The Labute approximate surface area is 121 Å². The molecule has 0 aliphatic heterocycles. The van der Waals surface area contributed by atoms with E-state index in [0.29, 0.717) is 25.2 Å². The first-order valence-corrected chi connectivity index (χ1v) is 7.52. The molecule has 0 radical (unpaired) electrons. The molecule has 1 N–H and O–H groups in total. The Morgan fingerprint density at radius 1 is 1.28 bits per heavy atom. The van der Waals surface area contributed by atoms with Crippen LogP contribution in [0.3, 0.4) is 0 Å². The van der Waals surface area contributed by atoms with E-state index < -0.39 is 0 Å². The summed E-state index contributed by atoms with van der Waals surface area (Å²) < 4.78 is 6.89. The number of aliphatic hydroxyl groups excluding tert-OH is 1. The molecule has 0 atom stereocenters. The molecule has 100 valence electrons. The molecule has 0 aromatic heterocycles. The molecule has 2 rings (SSSR count). The number of hydrogen-bond donors (Lipinski definition) is 1. The fourth-order valence-corrected chi connectivity index (χ4v) is 3.06. The zero-order valence-electron chi connectivity index (χ0n) is 10.2. The van der Waals surface area contributed by atoms with Crippen LogP contribution in [-0.4, -0.2) is 17.8 Å². The largest absolute Gasteiger partial charge is 0.396 e. The lowest BCUT2D eigenvalue weighted by Gasteiger charge is -2.27. The monoisotopic (exact) mass is 332 g/mol. The summed E-state index contributed by atoms with van der Waals surface area (Å²) in [6, 6.07) is 5.86. The molecule has 1 aromatic rings. The highest BCUT2D eigenvalue weighted by Crippen LogP contribution is 2.28. The van der Waals surface area contributed by atoms with Crippen LogP contribution in [-0.2, 0) is 11.3 Å². The number of ether oxygens (including phenoxy) is 1. The molecule has 0 amide bonds. The molecule has 0 heterocycles. The molecule has 0 saturated heterocycles. The highest BCUT2D eigenvalue weighted by molar-refractivity contribution is 9.10. The maximum Gasteiger partial charge on any atom is 0.0735 e. The Kier molecular flexibility index (Phi) is 5.49. The third-order valence-electron chi connectivity index (χ3n) is 3.54. The molecule has 18 heavy (non-hydrogen) atoms. The van der Waals surface area contributed by atoms with Crippen molar-refractivity contribution in [1.82, 2.24) is 0 Å². The van der Waals surface area contributed by atoms with Gasteiger partial charge in [-0.25, -0.2) is 0 Å². The van der Waals surface area contributed by atoms with Gasteiger partial charge in [-0.15, -0.1) is 0 Å². The highest BCUT2D eigenvalue weighted by Gasteiger charge is 2.21. The Morgan fingerprint density at radius 2 is 2.00 bits per heavy atom. The second-order valence-electron chi connectivity index (χ2n) is 4.87. The van der Waals surface area contributed by atoms with Crippen molar-refractivity contribution in [3.05, 3.63) is 33.3 Å². The average molecular weight is 334 g/mol. The Bertz CT molecular complexity index is 389. The summed E-state index contributed by atoms with van der Waals surface area (Å²) in [7, 11) is 0. The van der Waals surface area contributed by atoms with E-state index in [2.05, 4.69) is 15.9 Å². The quantitative estimate of drug-likeness (QED) is 0.896. The van der Waals surface area contributed by atoms with Crippen LogP contribution < -0.4 is 0 Å². The van der Waals surface area contributed by atoms with Gasteiger partial charge in [-0.3, -0.25) is 0 Å². The summed E-state index contributed by atoms with van der Waals surface area (Å²) in [5, 5.41) is 9.83. The molecule has 1 saturated carbocycles. The van der Waals surface area contributed by atoms with Crippen LogP contribution in [0.1, 0.15) is 31.2 Å². The van der Waals surface area contributed by atoms with Gasteiger partial charge in [0.2, 0.25) is 0 Å². The Balaban J connectivity index is 1.81. The van der Waals surface area contributed by atoms with E-state index in [1.165, 1.54) is 0 Å². The lowest BCUT2D eigenvalue weighted by Crippen LogP contribution is -2.23. The second-order valence-corrected chi connectivity index (χ2v) is 6.19. The number of hydrogen-bond acceptors (Lipinski definition) is 2. The topological polar surface area (TPSA) is 29.5 Å². The fourth-order valence-electron chi connectivity index (χ4n) is 2.33. The number of aliphatic hydroxyl groups is 1. The first-order valence-electron chi connectivity index (χ1n) is 6.35. The predicted molar refractivity (Wildman–Crippen MR) is 76.8 cm³/mol. The SMILES string of the molecule is OCC1CCC(OCc2ccc(Br)cc2Cl)CC1. The van der Waals surface area contributed by atoms with Gasteiger partial charge >= 0.3 is 0 Å². The summed E-state index contributed by atoms with van der Waals surface area (Å²) >= 11 is 9.54. The van der Waals surface area contributed by atoms with Crippen molar-refractivity contribution in [2.75, 3.05) is 6.61 Å². The van der Waals surface area contributed by atoms with Gasteiger partial charge in [-0.2, -0.15) is 0 Å². The zero-order chi connectivity index (χ0) is 13.0. The van der Waals surface area contributed by atoms with Gasteiger partial charge in [0, 0.05) is 16.1 Å². The summed E-state index contributed by atoms with van der Waals surface area (Å²) in [6.07, 6.45) is 4.52. The minimum absolute atomic E-state index is 0.311. The summed E-state index contributed by atoms with van der Waals surface area (Å²) in [5.41, 5.74) is 1.03. The zero-order valence-corrected chi connectivity index (χ0v) is 12.6. The van der Waals surface area contributed by atoms with E-state index in [1.807, 2.05) is 18.2 Å². The van der Waals surface area contributed by atoms with Gasteiger partial charge in [-0.05, 0) is 49.3 Å². The van der Waals surface area contributed by atoms with E-state index in [9.17, 15) is 0 Å². The molecule has 1 aliphatic rings. The van der Waals surface area contributed by atoms with Gasteiger partial charge in [0.15, 0.2) is 0 Å². The summed E-state index contributed by atoms with van der Waals surface area (Å²) in [6.45, 7) is 0.881. The van der Waals surface area contributed by atoms with Gasteiger partial charge < -0.3 is 9.84 Å². The fraction of sp³-hybridized carbons (Fsp3) is 0.571. The molecule has 4 heteroatoms. The predicted octanol–water partition coefficient (Wildman–Crippen LogP) is 4.17. The van der Waals surface area contributed by atoms with E-state index >= 15 is 0 Å². The molecule has 0 bridgehead atoms. The third-order valence-corrected chi connectivity index (χ3v) is 4.39. The van der Waals surface area contributed by atoms with Gasteiger partial charge in [0.25, 0.3) is 0 Å². The third kappa shape index (κ3) is 3.95. The van der Waals surface area contributed by atoms with Gasteiger partial charge in [0.05, 0.1) is 12.7 Å². The van der Waals surface area contributed by atoms with Crippen LogP contribution in [0, 0.1) is 5.92 Å². The molecule has 1 fully saturated rings. The van der Waals surface area contributed by atoms with E-state index in [0.717, 1.165) is 40.7 Å². The average Bonchev–Trinajstić information content (AvgIpc) is 2.38. The van der Waals surface area contributed by atoms with Crippen molar-refractivity contribution in [1.29, 1.82) is 0 Å². The van der Waals surface area contributed by atoms with E-state index in [4.69, 9.17) is 21.4 Å². The smallest absolute Gasteiger partial charge is 0.0735 e. The minimum atomic E-state index is 0.311. The molecule has 1 aromatic carbocycles. The van der Waals surface area contributed by atoms with Crippen LogP contribution in [0.5, 0.6) is 0 Å². The van der Waals surface area contributed by atoms with Crippen molar-refractivity contribution in [2.45, 2.75) is 38.4 Å². The first kappa shape index (κ1) is 14.3. The van der Waals surface area contributed by atoms with Crippen molar-refractivity contribution in [3.63, 3.8) is 0 Å². The Hall–Kier alpha value is -0.0900. The highest BCUT2D eigenvalue weighted by atomic mass is 79.9. The minimum Gasteiger partial charge on any atom is -0.396 e. The van der Waals surface area contributed by atoms with Crippen LogP contribution in [0.2, 0.25) is 5.02 Å².